The minimum absolute atomic E-state index is 0.0000310. The molecule has 128 valence electrons. The first-order valence-electron chi connectivity index (χ1n) is 7.55. The average Bonchev–Trinajstić information content (AvgIpc) is 3.20. The highest BCUT2D eigenvalue weighted by Gasteiger charge is 2.29. The molecule has 6 nitrogen and oxygen atoms in total. The van der Waals surface area contributed by atoms with E-state index in [0.29, 0.717) is 24.3 Å². The van der Waals surface area contributed by atoms with Crippen LogP contribution in [-0.2, 0) is 10.0 Å². The van der Waals surface area contributed by atoms with Crippen LogP contribution in [0.4, 0.5) is 5.69 Å². The third-order valence-corrected chi connectivity index (χ3v) is 6.32. The highest BCUT2D eigenvalue weighted by molar-refractivity contribution is 7.89. The van der Waals surface area contributed by atoms with Gasteiger partial charge in [0.25, 0.3) is 5.91 Å². The number of furan rings is 1. The van der Waals surface area contributed by atoms with Gasteiger partial charge in [-0.1, -0.05) is 11.6 Å². The van der Waals surface area contributed by atoms with Crippen molar-refractivity contribution in [3.05, 3.63) is 46.9 Å². The van der Waals surface area contributed by atoms with E-state index in [-0.39, 0.29) is 15.7 Å². The van der Waals surface area contributed by atoms with Gasteiger partial charge in [-0.3, -0.25) is 4.79 Å². The minimum atomic E-state index is -3.66. The van der Waals surface area contributed by atoms with E-state index in [2.05, 4.69) is 5.32 Å². The first-order valence-corrected chi connectivity index (χ1v) is 9.36. The van der Waals surface area contributed by atoms with E-state index < -0.39 is 15.9 Å². The lowest BCUT2D eigenvalue weighted by Crippen LogP contribution is -2.28. The number of amides is 1. The third-order valence-electron chi connectivity index (χ3n) is 3.94. The second-order valence-electron chi connectivity index (χ2n) is 5.64. The lowest BCUT2D eigenvalue weighted by Gasteiger charge is -2.17. The highest BCUT2D eigenvalue weighted by Crippen LogP contribution is 2.29. The molecule has 0 bridgehead atoms. The predicted octanol–water partition coefficient (Wildman–Crippen LogP) is 3.28. The van der Waals surface area contributed by atoms with Crippen LogP contribution in [0.15, 0.2) is 39.8 Å². The first kappa shape index (κ1) is 17.0. The third kappa shape index (κ3) is 3.19. The van der Waals surface area contributed by atoms with E-state index in [1.54, 1.807) is 19.1 Å². The van der Waals surface area contributed by atoms with Crippen molar-refractivity contribution >= 4 is 33.2 Å². The maximum absolute atomic E-state index is 12.7. The smallest absolute Gasteiger partial charge is 0.291 e. The molecule has 1 aliphatic heterocycles. The molecule has 1 aromatic heterocycles. The van der Waals surface area contributed by atoms with E-state index in [1.807, 2.05) is 0 Å². The molecule has 8 heteroatoms. The fourth-order valence-corrected chi connectivity index (χ4v) is 4.66. The van der Waals surface area contributed by atoms with Gasteiger partial charge in [-0.25, -0.2) is 8.42 Å². The minimum Gasteiger partial charge on any atom is -0.459 e. The molecule has 0 unspecified atom stereocenters. The molecule has 2 heterocycles. The van der Waals surface area contributed by atoms with E-state index in [4.69, 9.17) is 16.0 Å². The summed E-state index contributed by atoms with van der Waals surface area (Å²) < 4.78 is 31.9. The summed E-state index contributed by atoms with van der Waals surface area (Å²) in [5, 5.41) is 2.77. The molecule has 0 saturated carbocycles. The van der Waals surface area contributed by atoms with Gasteiger partial charge in [0, 0.05) is 24.3 Å². The molecule has 0 aliphatic carbocycles. The Balaban J connectivity index is 1.89. The van der Waals surface area contributed by atoms with Gasteiger partial charge in [0.05, 0.1) is 11.3 Å². The zero-order valence-corrected chi connectivity index (χ0v) is 14.7. The Labute approximate surface area is 145 Å². The Kier molecular flexibility index (Phi) is 4.67. The number of halogens is 1. The summed E-state index contributed by atoms with van der Waals surface area (Å²) in [6, 6.07) is 6.09. The van der Waals surface area contributed by atoms with Crippen LogP contribution in [-0.4, -0.2) is 31.7 Å². The highest BCUT2D eigenvalue weighted by atomic mass is 35.5. The van der Waals surface area contributed by atoms with E-state index in [1.165, 1.54) is 22.7 Å². The standard InChI is InChI=1S/C16H17ClN2O4S/c1-11-6-9-23-15(11)16(20)18-12-4-5-13(17)14(10-12)24(21,22)19-7-2-3-8-19/h4-6,9-10H,2-3,7-8H2,1H3,(H,18,20). The van der Waals surface area contributed by atoms with Crippen molar-refractivity contribution < 1.29 is 17.6 Å². The number of nitrogens with one attached hydrogen (secondary N) is 1. The number of carbonyl (C=O) groups excluding carboxylic acids is 1. The van der Waals surface area contributed by atoms with E-state index >= 15 is 0 Å². The average molecular weight is 369 g/mol. The molecule has 3 rings (SSSR count). The maximum atomic E-state index is 12.7. The molecule has 0 atom stereocenters. The Morgan fingerprint density at radius 3 is 2.58 bits per heavy atom. The molecule has 1 N–H and O–H groups in total. The van der Waals surface area contributed by atoms with E-state index in [0.717, 1.165) is 12.8 Å². The summed E-state index contributed by atoms with van der Waals surface area (Å²) in [5.41, 5.74) is 1.05. The Morgan fingerprint density at radius 2 is 1.96 bits per heavy atom. The molecular weight excluding hydrogens is 352 g/mol. The van der Waals surface area contributed by atoms with Crippen molar-refractivity contribution in [2.75, 3.05) is 18.4 Å². The van der Waals surface area contributed by atoms with Crippen LogP contribution >= 0.6 is 11.6 Å². The second-order valence-corrected chi connectivity index (χ2v) is 7.96. The summed E-state index contributed by atoms with van der Waals surface area (Å²) in [4.78, 5) is 12.2. The van der Waals surface area contributed by atoms with Gasteiger partial charge in [0.1, 0.15) is 4.90 Å². The summed E-state index contributed by atoms with van der Waals surface area (Å²) >= 11 is 6.08. The fourth-order valence-electron chi connectivity index (χ4n) is 2.64. The van der Waals surface area contributed by atoms with Crippen LogP contribution < -0.4 is 5.32 Å². The topological polar surface area (TPSA) is 79.6 Å². The van der Waals surface area contributed by atoms with Crippen molar-refractivity contribution in [2.45, 2.75) is 24.7 Å². The molecule has 0 radical (unpaired) electrons. The molecule has 1 aromatic carbocycles. The lowest BCUT2D eigenvalue weighted by atomic mass is 10.2. The van der Waals surface area contributed by atoms with Gasteiger partial charge in [-0.15, -0.1) is 0 Å². The lowest BCUT2D eigenvalue weighted by molar-refractivity contribution is 0.0996. The Morgan fingerprint density at radius 1 is 1.25 bits per heavy atom. The monoisotopic (exact) mass is 368 g/mol. The second kappa shape index (κ2) is 6.58. The number of hydrogen-bond donors (Lipinski definition) is 1. The van der Waals surface area contributed by atoms with Crippen LogP contribution in [0.25, 0.3) is 0 Å². The fraction of sp³-hybridized carbons (Fsp3) is 0.312. The summed E-state index contributed by atoms with van der Waals surface area (Å²) in [6.07, 6.45) is 3.10. The first-order chi connectivity index (χ1) is 11.4. The zero-order valence-electron chi connectivity index (χ0n) is 13.1. The molecule has 1 fully saturated rings. The predicted molar refractivity (Wildman–Crippen MR) is 90.8 cm³/mol. The normalized spacial score (nSPS) is 15.6. The van der Waals surface area contributed by atoms with Gasteiger partial charge in [-0.2, -0.15) is 4.31 Å². The summed E-state index contributed by atoms with van der Waals surface area (Å²) in [5.74, 6) is -0.252. The van der Waals surface area contributed by atoms with Gasteiger partial charge in [0.15, 0.2) is 5.76 Å². The molecule has 0 spiro atoms. The van der Waals surface area contributed by atoms with Crippen LogP contribution in [0.1, 0.15) is 29.0 Å². The number of carbonyl (C=O) groups is 1. The van der Waals surface area contributed by atoms with Crippen molar-refractivity contribution in [1.82, 2.24) is 4.31 Å². The number of anilines is 1. The van der Waals surface area contributed by atoms with Crippen LogP contribution in [0, 0.1) is 6.92 Å². The quantitative estimate of drug-likeness (QED) is 0.898. The molecular formula is C16H17ClN2O4S. The summed E-state index contributed by atoms with van der Waals surface area (Å²) in [7, 11) is -3.66. The van der Waals surface area contributed by atoms with Crippen LogP contribution in [0.2, 0.25) is 5.02 Å². The molecule has 1 amide bonds. The molecule has 1 saturated heterocycles. The van der Waals surface area contributed by atoms with Gasteiger partial charge >= 0.3 is 0 Å². The van der Waals surface area contributed by atoms with Gasteiger partial charge < -0.3 is 9.73 Å². The summed E-state index contributed by atoms with van der Waals surface area (Å²) in [6.45, 7) is 2.73. The van der Waals surface area contributed by atoms with Crippen molar-refractivity contribution in [1.29, 1.82) is 0 Å². The van der Waals surface area contributed by atoms with Crippen molar-refractivity contribution in [3.63, 3.8) is 0 Å². The largest absolute Gasteiger partial charge is 0.459 e. The Hall–Kier alpha value is -1.83. The Bertz CT molecular complexity index is 870. The van der Waals surface area contributed by atoms with Gasteiger partial charge in [-0.05, 0) is 44.0 Å². The van der Waals surface area contributed by atoms with Crippen LogP contribution in [0.5, 0.6) is 0 Å². The number of nitrogens with zero attached hydrogens (tertiary/aromatic N) is 1. The number of aryl methyl sites for hydroxylation is 1. The maximum Gasteiger partial charge on any atom is 0.291 e. The SMILES string of the molecule is Cc1ccoc1C(=O)Nc1ccc(Cl)c(S(=O)(=O)N2CCCC2)c1. The van der Waals surface area contributed by atoms with Gasteiger partial charge in [0.2, 0.25) is 10.0 Å². The molecule has 2 aromatic rings. The molecule has 1 aliphatic rings. The number of sulfonamides is 1. The number of hydrogen-bond acceptors (Lipinski definition) is 4. The van der Waals surface area contributed by atoms with E-state index in [9.17, 15) is 13.2 Å². The number of benzene rings is 1. The molecule has 24 heavy (non-hydrogen) atoms. The number of rotatable bonds is 4. The zero-order chi connectivity index (χ0) is 17.3. The van der Waals surface area contributed by atoms with Crippen LogP contribution in [0.3, 0.4) is 0 Å². The van der Waals surface area contributed by atoms with Crippen molar-refractivity contribution in [3.8, 4) is 0 Å². The van der Waals surface area contributed by atoms with Crippen molar-refractivity contribution in [2.24, 2.45) is 0 Å².